The Morgan fingerprint density at radius 1 is 1.50 bits per heavy atom. The van der Waals surface area contributed by atoms with Crippen LogP contribution >= 0.6 is 0 Å². The molecule has 3 heteroatoms. The largest absolute Gasteiger partial charge is 0.354 e. The number of rotatable bonds is 4. The summed E-state index contributed by atoms with van der Waals surface area (Å²) >= 11 is 0. The Balaban J connectivity index is 2.31. The monoisotopic (exact) mass is 226 g/mol. The summed E-state index contributed by atoms with van der Waals surface area (Å²) in [7, 11) is 0. The summed E-state index contributed by atoms with van der Waals surface area (Å²) in [4.78, 5) is 11.8. The molecular formula is C13H26N2O. The zero-order valence-electron chi connectivity index (χ0n) is 10.9. The Bertz CT molecular complexity index is 238. The topological polar surface area (TPSA) is 55.1 Å². The van der Waals surface area contributed by atoms with Gasteiger partial charge in [0, 0.05) is 6.54 Å². The number of hydrogen-bond acceptors (Lipinski definition) is 2. The van der Waals surface area contributed by atoms with Gasteiger partial charge in [0.15, 0.2) is 0 Å². The Morgan fingerprint density at radius 3 is 2.75 bits per heavy atom. The van der Waals surface area contributed by atoms with Crippen molar-refractivity contribution < 1.29 is 4.79 Å². The summed E-state index contributed by atoms with van der Waals surface area (Å²) in [5.41, 5.74) is 5.18. The normalized spacial score (nSPS) is 29.5. The number of amides is 1. The molecule has 0 bridgehead atoms. The molecule has 0 aliphatic heterocycles. The van der Waals surface area contributed by atoms with E-state index in [0.29, 0.717) is 12.3 Å². The molecule has 1 aliphatic carbocycles. The van der Waals surface area contributed by atoms with E-state index in [1.807, 2.05) is 6.92 Å². The molecule has 94 valence electrons. The van der Waals surface area contributed by atoms with Gasteiger partial charge in [0.25, 0.3) is 0 Å². The molecule has 3 nitrogen and oxygen atoms in total. The molecule has 3 unspecified atom stereocenters. The Kier molecular flexibility index (Phi) is 4.78. The molecule has 1 saturated carbocycles. The Hall–Kier alpha value is -0.570. The number of nitrogens with one attached hydrogen (secondary N) is 1. The maximum atomic E-state index is 11.8. The van der Waals surface area contributed by atoms with Crippen LogP contribution in [-0.2, 0) is 4.79 Å². The van der Waals surface area contributed by atoms with Crippen molar-refractivity contribution in [3.63, 3.8) is 0 Å². The van der Waals surface area contributed by atoms with Crippen LogP contribution in [-0.4, -0.2) is 18.0 Å². The fourth-order valence-electron chi connectivity index (χ4n) is 2.34. The second kappa shape index (κ2) is 5.67. The van der Waals surface area contributed by atoms with E-state index >= 15 is 0 Å². The first-order valence-electron chi connectivity index (χ1n) is 6.53. The summed E-state index contributed by atoms with van der Waals surface area (Å²) in [5.74, 6) is 1.46. The molecule has 0 saturated heterocycles. The van der Waals surface area contributed by atoms with Crippen LogP contribution in [0.2, 0.25) is 0 Å². The van der Waals surface area contributed by atoms with E-state index in [4.69, 9.17) is 5.73 Å². The van der Waals surface area contributed by atoms with Gasteiger partial charge in [-0.1, -0.05) is 26.7 Å². The molecule has 1 amide bonds. The SMILES string of the molecule is CCC(C)(N)C(=O)NCC1CCCC(C)C1. The van der Waals surface area contributed by atoms with Gasteiger partial charge >= 0.3 is 0 Å². The van der Waals surface area contributed by atoms with Crippen LogP contribution in [0.25, 0.3) is 0 Å². The first-order valence-corrected chi connectivity index (χ1v) is 6.53. The third-order valence-corrected chi connectivity index (χ3v) is 3.85. The lowest BCUT2D eigenvalue weighted by atomic mass is 9.82. The van der Waals surface area contributed by atoms with Gasteiger partial charge in [-0.3, -0.25) is 4.79 Å². The summed E-state index contributed by atoms with van der Waals surface area (Å²) in [5, 5.41) is 3.00. The van der Waals surface area contributed by atoms with Gasteiger partial charge in [0.05, 0.1) is 5.54 Å². The van der Waals surface area contributed by atoms with Crippen molar-refractivity contribution in [1.82, 2.24) is 5.32 Å². The van der Waals surface area contributed by atoms with Crippen LogP contribution < -0.4 is 11.1 Å². The zero-order valence-corrected chi connectivity index (χ0v) is 10.9. The molecule has 0 aromatic heterocycles. The predicted molar refractivity (Wildman–Crippen MR) is 67.0 cm³/mol. The Morgan fingerprint density at radius 2 is 2.19 bits per heavy atom. The van der Waals surface area contributed by atoms with Crippen molar-refractivity contribution in [3.8, 4) is 0 Å². The van der Waals surface area contributed by atoms with E-state index in [1.54, 1.807) is 6.92 Å². The highest BCUT2D eigenvalue weighted by atomic mass is 16.2. The molecule has 0 aromatic carbocycles. The second-order valence-corrected chi connectivity index (χ2v) is 5.62. The average molecular weight is 226 g/mol. The van der Waals surface area contributed by atoms with Crippen LogP contribution in [0.4, 0.5) is 0 Å². The molecule has 0 heterocycles. The second-order valence-electron chi connectivity index (χ2n) is 5.62. The van der Waals surface area contributed by atoms with Gasteiger partial charge in [-0.15, -0.1) is 0 Å². The highest BCUT2D eigenvalue weighted by molar-refractivity contribution is 5.85. The highest BCUT2D eigenvalue weighted by Gasteiger charge is 2.27. The molecule has 1 rings (SSSR count). The van der Waals surface area contributed by atoms with E-state index in [-0.39, 0.29) is 5.91 Å². The standard InChI is InChI=1S/C13H26N2O/c1-4-13(3,14)12(16)15-9-11-7-5-6-10(2)8-11/h10-11H,4-9,14H2,1-3H3,(H,15,16). The summed E-state index contributed by atoms with van der Waals surface area (Å²) in [6.07, 6.45) is 5.81. The number of carbonyl (C=O) groups is 1. The summed E-state index contributed by atoms with van der Waals surface area (Å²) in [6.45, 7) is 6.84. The first-order chi connectivity index (χ1) is 7.45. The maximum absolute atomic E-state index is 11.8. The van der Waals surface area contributed by atoms with E-state index in [1.165, 1.54) is 25.7 Å². The van der Waals surface area contributed by atoms with Gasteiger partial charge in [-0.05, 0) is 38.0 Å². The predicted octanol–water partition coefficient (Wildman–Crippen LogP) is 2.06. The van der Waals surface area contributed by atoms with Gasteiger partial charge in [0.1, 0.15) is 0 Å². The molecule has 0 spiro atoms. The van der Waals surface area contributed by atoms with Crippen molar-refractivity contribution >= 4 is 5.91 Å². The zero-order chi connectivity index (χ0) is 12.2. The van der Waals surface area contributed by atoms with E-state index in [2.05, 4.69) is 12.2 Å². The van der Waals surface area contributed by atoms with E-state index in [0.717, 1.165) is 12.5 Å². The summed E-state index contributed by atoms with van der Waals surface area (Å²) in [6, 6.07) is 0. The molecule has 0 radical (unpaired) electrons. The van der Waals surface area contributed by atoms with Gasteiger partial charge in [-0.25, -0.2) is 0 Å². The van der Waals surface area contributed by atoms with Crippen molar-refractivity contribution in [3.05, 3.63) is 0 Å². The van der Waals surface area contributed by atoms with Gasteiger partial charge < -0.3 is 11.1 Å². The quantitative estimate of drug-likeness (QED) is 0.771. The fraction of sp³-hybridized carbons (Fsp3) is 0.923. The van der Waals surface area contributed by atoms with Crippen LogP contribution in [0.1, 0.15) is 52.9 Å². The smallest absolute Gasteiger partial charge is 0.239 e. The van der Waals surface area contributed by atoms with Crippen molar-refractivity contribution in [2.45, 2.75) is 58.4 Å². The molecule has 1 aliphatic rings. The lowest BCUT2D eigenvalue weighted by Crippen LogP contribution is -2.52. The maximum Gasteiger partial charge on any atom is 0.239 e. The highest BCUT2D eigenvalue weighted by Crippen LogP contribution is 2.27. The van der Waals surface area contributed by atoms with E-state index < -0.39 is 5.54 Å². The average Bonchev–Trinajstić information content (AvgIpc) is 2.26. The Labute approximate surface area is 99.2 Å². The van der Waals surface area contributed by atoms with Crippen molar-refractivity contribution in [1.29, 1.82) is 0 Å². The van der Waals surface area contributed by atoms with E-state index in [9.17, 15) is 4.79 Å². The van der Waals surface area contributed by atoms with Crippen molar-refractivity contribution in [2.75, 3.05) is 6.54 Å². The van der Waals surface area contributed by atoms with Crippen LogP contribution in [0.3, 0.4) is 0 Å². The first kappa shape index (κ1) is 13.5. The minimum atomic E-state index is -0.708. The lowest BCUT2D eigenvalue weighted by Gasteiger charge is -2.28. The number of carbonyl (C=O) groups excluding carboxylic acids is 1. The molecule has 1 fully saturated rings. The van der Waals surface area contributed by atoms with Crippen LogP contribution in [0.5, 0.6) is 0 Å². The molecular weight excluding hydrogens is 200 g/mol. The molecule has 3 N–H and O–H groups in total. The third kappa shape index (κ3) is 3.78. The van der Waals surface area contributed by atoms with Gasteiger partial charge in [-0.2, -0.15) is 0 Å². The number of hydrogen-bond donors (Lipinski definition) is 2. The molecule has 3 atom stereocenters. The van der Waals surface area contributed by atoms with Gasteiger partial charge in [0.2, 0.25) is 5.91 Å². The molecule has 16 heavy (non-hydrogen) atoms. The van der Waals surface area contributed by atoms with Crippen molar-refractivity contribution in [2.24, 2.45) is 17.6 Å². The fourth-order valence-corrected chi connectivity index (χ4v) is 2.34. The minimum Gasteiger partial charge on any atom is -0.354 e. The molecule has 0 aromatic rings. The summed E-state index contributed by atoms with van der Waals surface area (Å²) < 4.78 is 0. The minimum absolute atomic E-state index is 0.00627. The van der Waals surface area contributed by atoms with Crippen LogP contribution in [0, 0.1) is 11.8 Å². The lowest BCUT2D eigenvalue weighted by molar-refractivity contribution is -0.126. The van der Waals surface area contributed by atoms with Crippen LogP contribution in [0.15, 0.2) is 0 Å². The third-order valence-electron chi connectivity index (χ3n) is 3.85. The number of nitrogens with two attached hydrogens (primary N) is 1.